The molecular weight excluding hydrogens is 392 g/mol. The summed E-state index contributed by atoms with van der Waals surface area (Å²) in [5.74, 6) is -0.0636. The molecule has 3 rings (SSSR count). The second-order valence-electron chi connectivity index (χ2n) is 4.86. The van der Waals surface area contributed by atoms with E-state index in [0.29, 0.717) is 15.9 Å². The maximum Gasteiger partial charge on any atom is 0.267 e. The van der Waals surface area contributed by atoms with Crippen molar-refractivity contribution in [2.24, 2.45) is 0 Å². The van der Waals surface area contributed by atoms with Gasteiger partial charge in [-0.2, -0.15) is 0 Å². The van der Waals surface area contributed by atoms with Crippen molar-refractivity contribution in [3.05, 3.63) is 69.5 Å². The summed E-state index contributed by atoms with van der Waals surface area (Å²) in [5, 5.41) is 3.21. The van der Waals surface area contributed by atoms with E-state index in [9.17, 15) is 4.79 Å². The van der Waals surface area contributed by atoms with E-state index >= 15 is 0 Å². The average molecular weight is 405 g/mol. The van der Waals surface area contributed by atoms with Crippen molar-refractivity contribution >= 4 is 61.9 Å². The fourth-order valence-corrected chi connectivity index (χ4v) is 3.59. The Bertz CT molecular complexity index is 760. The van der Waals surface area contributed by atoms with Gasteiger partial charge >= 0.3 is 0 Å². The van der Waals surface area contributed by atoms with Crippen LogP contribution >= 0.6 is 39.9 Å². The summed E-state index contributed by atoms with van der Waals surface area (Å²) in [5.41, 5.74) is 1.93. The average Bonchev–Trinajstić information content (AvgIpc) is 2.82. The van der Waals surface area contributed by atoms with Gasteiger partial charge in [0.15, 0.2) is 0 Å². The molecule has 1 fully saturated rings. The number of amides is 1. The van der Waals surface area contributed by atoms with Gasteiger partial charge in [0.25, 0.3) is 5.91 Å². The minimum Gasteiger partial charge on any atom is -0.367 e. The first-order valence-electron chi connectivity index (χ1n) is 6.93. The number of nitrogens with one attached hydrogen (secondary N) is 1. The van der Waals surface area contributed by atoms with Gasteiger partial charge in [0.1, 0.15) is 4.32 Å². The molecule has 116 valence electrons. The summed E-state index contributed by atoms with van der Waals surface area (Å²) in [6.45, 7) is 0.367. The third-order valence-corrected chi connectivity index (χ3v) is 5.16. The molecule has 1 aliphatic heterocycles. The monoisotopic (exact) mass is 404 g/mol. The number of hydrogen-bond acceptors (Lipinski definition) is 4. The predicted molar refractivity (Wildman–Crippen MR) is 104 cm³/mol. The van der Waals surface area contributed by atoms with Gasteiger partial charge in [-0.25, -0.2) is 0 Å². The lowest BCUT2D eigenvalue weighted by Gasteiger charge is -2.16. The highest BCUT2D eigenvalue weighted by Gasteiger charge is 2.31. The zero-order chi connectivity index (χ0) is 16.2. The largest absolute Gasteiger partial charge is 0.367 e. The molecule has 0 unspecified atom stereocenters. The van der Waals surface area contributed by atoms with Gasteiger partial charge in [-0.15, -0.1) is 0 Å². The maximum absolute atomic E-state index is 12.5. The van der Waals surface area contributed by atoms with Crippen LogP contribution in [-0.2, 0) is 4.79 Å². The molecule has 0 radical (unpaired) electrons. The summed E-state index contributed by atoms with van der Waals surface area (Å²) in [6, 6.07) is 17.6. The van der Waals surface area contributed by atoms with E-state index in [0.717, 1.165) is 15.7 Å². The van der Waals surface area contributed by atoms with Crippen molar-refractivity contribution in [2.75, 3.05) is 12.0 Å². The second kappa shape index (κ2) is 7.29. The van der Waals surface area contributed by atoms with Gasteiger partial charge in [0.05, 0.1) is 11.6 Å². The number of thioether (sulfide) groups is 1. The van der Waals surface area contributed by atoms with Crippen molar-refractivity contribution in [1.29, 1.82) is 0 Å². The van der Waals surface area contributed by atoms with Crippen LogP contribution in [0.15, 0.2) is 64.0 Å². The number of anilines is 1. The van der Waals surface area contributed by atoms with E-state index in [4.69, 9.17) is 12.2 Å². The van der Waals surface area contributed by atoms with Crippen LogP contribution in [0.1, 0.15) is 5.56 Å². The molecule has 1 heterocycles. The number of halogens is 1. The number of rotatable bonds is 4. The second-order valence-corrected chi connectivity index (χ2v) is 7.45. The molecule has 1 amide bonds. The van der Waals surface area contributed by atoms with Gasteiger partial charge < -0.3 is 5.32 Å². The third kappa shape index (κ3) is 4.02. The standard InChI is InChI=1S/C17H13BrN2OS2/c18-13-8-6-12(7-9-13)10-15-16(21)20(17(22)23-15)11-19-14-4-2-1-3-5-14/h1-10,19H,11H2/b15-10-. The van der Waals surface area contributed by atoms with Crippen molar-refractivity contribution in [2.45, 2.75) is 0 Å². The molecular formula is C17H13BrN2OS2. The highest BCUT2D eigenvalue weighted by molar-refractivity contribution is 9.10. The lowest BCUT2D eigenvalue weighted by Crippen LogP contribution is -2.33. The fourth-order valence-electron chi connectivity index (χ4n) is 2.07. The van der Waals surface area contributed by atoms with Crippen molar-refractivity contribution in [1.82, 2.24) is 4.90 Å². The smallest absolute Gasteiger partial charge is 0.267 e. The van der Waals surface area contributed by atoms with Crippen molar-refractivity contribution in [3.8, 4) is 0 Å². The van der Waals surface area contributed by atoms with Gasteiger partial charge in [-0.3, -0.25) is 9.69 Å². The molecule has 23 heavy (non-hydrogen) atoms. The normalized spacial score (nSPS) is 16.2. The van der Waals surface area contributed by atoms with Crippen molar-refractivity contribution < 1.29 is 4.79 Å². The number of hydrogen-bond donors (Lipinski definition) is 1. The van der Waals surface area contributed by atoms with Crippen LogP contribution in [0, 0.1) is 0 Å². The quantitative estimate of drug-likeness (QED) is 0.590. The summed E-state index contributed by atoms with van der Waals surface area (Å²) in [4.78, 5) is 14.7. The molecule has 0 aromatic heterocycles. The third-order valence-electron chi connectivity index (χ3n) is 3.26. The Kier molecular flexibility index (Phi) is 5.15. The van der Waals surface area contributed by atoms with Crippen LogP contribution < -0.4 is 5.32 Å². The Morgan fingerprint density at radius 1 is 1.13 bits per heavy atom. The highest BCUT2D eigenvalue weighted by Crippen LogP contribution is 2.32. The molecule has 3 nitrogen and oxygen atoms in total. The molecule has 2 aromatic carbocycles. The number of carbonyl (C=O) groups excluding carboxylic acids is 1. The van der Waals surface area contributed by atoms with Crippen LogP contribution in [0.25, 0.3) is 6.08 Å². The van der Waals surface area contributed by atoms with Crippen molar-refractivity contribution in [3.63, 3.8) is 0 Å². The number of para-hydroxylation sites is 1. The van der Waals surface area contributed by atoms with E-state index in [-0.39, 0.29) is 5.91 Å². The van der Waals surface area contributed by atoms with Crippen LogP contribution in [0.3, 0.4) is 0 Å². The summed E-state index contributed by atoms with van der Waals surface area (Å²) in [6.07, 6.45) is 1.87. The summed E-state index contributed by atoms with van der Waals surface area (Å²) >= 11 is 10.1. The lowest BCUT2D eigenvalue weighted by molar-refractivity contribution is -0.121. The number of benzene rings is 2. The van der Waals surface area contributed by atoms with Gasteiger partial charge in [-0.05, 0) is 35.9 Å². The van der Waals surface area contributed by atoms with E-state index in [1.54, 1.807) is 4.90 Å². The Hall–Kier alpha value is -1.63. The molecule has 0 saturated carbocycles. The first kappa shape index (κ1) is 16.2. The van der Waals surface area contributed by atoms with E-state index in [2.05, 4.69) is 21.2 Å². The Balaban J connectivity index is 1.71. The Morgan fingerprint density at radius 2 is 1.83 bits per heavy atom. The van der Waals surface area contributed by atoms with E-state index < -0.39 is 0 Å². The zero-order valence-electron chi connectivity index (χ0n) is 12.0. The highest BCUT2D eigenvalue weighted by atomic mass is 79.9. The minimum absolute atomic E-state index is 0.0636. The Labute approximate surface area is 152 Å². The topological polar surface area (TPSA) is 32.3 Å². The number of carbonyl (C=O) groups is 1. The van der Waals surface area contributed by atoms with Gasteiger partial charge in [-0.1, -0.05) is 70.2 Å². The number of thiocarbonyl (C=S) groups is 1. The van der Waals surface area contributed by atoms with Gasteiger partial charge in [0.2, 0.25) is 0 Å². The minimum atomic E-state index is -0.0636. The lowest BCUT2D eigenvalue weighted by atomic mass is 10.2. The number of nitrogens with zero attached hydrogens (tertiary/aromatic N) is 1. The molecule has 1 aliphatic rings. The van der Waals surface area contributed by atoms with Crippen LogP contribution in [0.5, 0.6) is 0 Å². The molecule has 1 N–H and O–H groups in total. The van der Waals surface area contributed by atoms with E-state index in [1.807, 2.05) is 60.7 Å². The molecule has 0 bridgehead atoms. The van der Waals surface area contributed by atoms with Crippen LogP contribution in [0.2, 0.25) is 0 Å². The SMILES string of the molecule is O=C1/C(=C/c2ccc(Br)cc2)SC(=S)N1CNc1ccccc1. The molecule has 6 heteroatoms. The summed E-state index contributed by atoms with van der Waals surface area (Å²) in [7, 11) is 0. The van der Waals surface area contributed by atoms with Crippen LogP contribution in [0.4, 0.5) is 5.69 Å². The summed E-state index contributed by atoms with van der Waals surface area (Å²) < 4.78 is 1.58. The molecule has 0 spiro atoms. The van der Waals surface area contributed by atoms with Crippen LogP contribution in [-0.4, -0.2) is 21.8 Å². The van der Waals surface area contributed by atoms with Gasteiger partial charge in [0, 0.05) is 10.2 Å². The van der Waals surface area contributed by atoms with E-state index in [1.165, 1.54) is 11.8 Å². The zero-order valence-corrected chi connectivity index (χ0v) is 15.2. The fraction of sp³-hybridized carbons (Fsp3) is 0.0588. The molecule has 0 aliphatic carbocycles. The molecule has 2 aromatic rings. The molecule has 1 saturated heterocycles. The Morgan fingerprint density at radius 3 is 2.52 bits per heavy atom. The predicted octanol–water partition coefficient (Wildman–Crippen LogP) is 4.72. The first-order valence-corrected chi connectivity index (χ1v) is 8.95. The first-order chi connectivity index (χ1) is 11.1. The molecule has 0 atom stereocenters. The maximum atomic E-state index is 12.5.